The summed E-state index contributed by atoms with van der Waals surface area (Å²) in [5.74, 6) is 2.18. The van der Waals surface area contributed by atoms with Gasteiger partial charge < -0.3 is 14.4 Å². The molecule has 4 aliphatic rings. The SMILES string of the molecule is CC(CN1C(=O)COc2ccccc21)CN1C2CCC1CC(OCC1CC1)C2. The summed E-state index contributed by atoms with van der Waals surface area (Å²) >= 11 is 0. The van der Waals surface area contributed by atoms with E-state index in [0.717, 1.165) is 37.1 Å². The molecule has 2 saturated heterocycles. The first-order valence-corrected chi connectivity index (χ1v) is 11.1. The number of fused-ring (bicyclic) bond motifs is 3. The minimum Gasteiger partial charge on any atom is -0.482 e. The molecule has 3 heterocycles. The second-order valence-corrected chi connectivity index (χ2v) is 9.32. The Balaban J connectivity index is 1.18. The zero-order chi connectivity index (χ0) is 19.1. The number of para-hydroxylation sites is 2. The van der Waals surface area contributed by atoms with Gasteiger partial charge in [-0.2, -0.15) is 0 Å². The number of hydrogen-bond donors (Lipinski definition) is 0. The Bertz CT molecular complexity index is 706. The molecule has 5 heteroatoms. The van der Waals surface area contributed by atoms with Gasteiger partial charge in [-0.1, -0.05) is 19.1 Å². The summed E-state index contributed by atoms with van der Waals surface area (Å²) in [5.41, 5.74) is 0.917. The molecule has 1 aliphatic carbocycles. The molecule has 2 bridgehead atoms. The summed E-state index contributed by atoms with van der Waals surface area (Å²) in [7, 11) is 0. The number of piperidine rings is 1. The average molecular weight is 385 g/mol. The Kier molecular flexibility index (Phi) is 5.06. The molecular weight excluding hydrogens is 352 g/mol. The minimum absolute atomic E-state index is 0.0701. The lowest BCUT2D eigenvalue weighted by atomic mass is 9.97. The van der Waals surface area contributed by atoms with Crippen molar-refractivity contribution in [3.8, 4) is 5.75 Å². The molecule has 5 rings (SSSR count). The van der Waals surface area contributed by atoms with Crippen LogP contribution in [0, 0.1) is 11.8 Å². The molecule has 1 aromatic carbocycles. The van der Waals surface area contributed by atoms with Crippen molar-refractivity contribution < 1.29 is 14.3 Å². The number of carbonyl (C=O) groups is 1. The van der Waals surface area contributed by atoms with Crippen LogP contribution in [0.25, 0.3) is 0 Å². The molecule has 5 nitrogen and oxygen atoms in total. The van der Waals surface area contributed by atoms with Gasteiger partial charge in [-0.15, -0.1) is 0 Å². The average Bonchev–Trinajstić information content (AvgIpc) is 3.49. The molecule has 1 aromatic rings. The molecular formula is C23H32N2O3. The van der Waals surface area contributed by atoms with E-state index in [4.69, 9.17) is 9.47 Å². The predicted octanol–water partition coefficient (Wildman–Crippen LogP) is 3.47. The monoisotopic (exact) mass is 384 g/mol. The van der Waals surface area contributed by atoms with Gasteiger partial charge in [-0.25, -0.2) is 0 Å². The molecule has 3 unspecified atom stereocenters. The zero-order valence-corrected chi connectivity index (χ0v) is 16.9. The lowest BCUT2D eigenvalue weighted by Crippen LogP contribution is -2.49. The summed E-state index contributed by atoms with van der Waals surface area (Å²) in [6, 6.07) is 9.21. The number of nitrogens with zero attached hydrogens (tertiary/aromatic N) is 2. The van der Waals surface area contributed by atoms with E-state index in [0.29, 0.717) is 24.1 Å². The van der Waals surface area contributed by atoms with Gasteiger partial charge in [-0.3, -0.25) is 9.69 Å². The van der Waals surface area contributed by atoms with Crippen molar-refractivity contribution in [2.45, 2.75) is 63.6 Å². The fraction of sp³-hybridized carbons (Fsp3) is 0.696. The highest BCUT2D eigenvalue weighted by Crippen LogP contribution is 2.39. The van der Waals surface area contributed by atoms with Gasteiger partial charge in [0.15, 0.2) is 6.61 Å². The molecule has 1 saturated carbocycles. The van der Waals surface area contributed by atoms with Crippen LogP contribution in [-0.4, -0.2) is 55.3 Å². The second-order valence-electron chi connectivity index (χ2n) is 9.32. The number of ether oxygens (including phenoxy) is 2. The van der Waals surface area contributed by atoms with Crippen LogP contribution < -0.4 is 9.64 Å². The summed E-state index contributed by atoms with van der Waals surface area (Å²) in [5, 5.41) is 0. The van der Waals surface area contributed by atoms with Crippen molar-refractivity contribution in [3.63, 3.8) is 0 Å². The molecule has 3 fully saturated rings. The van der Waals surface area contributed by atoms with Crippen LogP contribution in [0.5, 0.6) is 5.75 Å². The molecule has 0 spiro atoms. The van der Waals surface area contributed by atoms with E-state index in [2.05, 4.69) is 11.8 Å². The fourth-order valence-electron chi connectivity index (χ4n) is 5.30. The van der Waals surface area contributed by atoms with E-state index in [1.807, 2.05) is 29.2 Å². The molecule has 3 aliphatic heterocycles. The van der Waals surface area contributed by atoms with Crippen molar-refractivity contribution in [1.82, 2.24) is 4.90 Å². The molecule has 0 N–H and O–H groups in total. The Morgan fingerprint density at radius 2 is 1.86 bits per heavy atom. The van der Waals surface area contributed by atoms with Crippen LogP contribution >= 0.6 is 0 Å². The smallest absolute Gasteiger partial charge is 0.265 e. The Labute approximate surface area is 168 Å². The van der Waals surface area contributed by atoms with Crippen LogP contribution in [-0.2, 0) is 9.53 Å². The van der Waals surface area contributed by atoms with Gasteiger partial charge in [0.1, 0.15) is 5.75 Å². The second kappa shape index (κ2) is 7.68. The first-order chi connectivity index (χ1) is 13.7. The third-order valence-corrected chi connectivity index (χ3v) is 6.93. The summed E-state index contributed by atoms with van der Waals surface area (Å²) < 4.78 is 11.8. The summed E-state index contributed by atoms with van der Waals surface area (Å²) in [4.78, 5) is 17.1. The van der Waals surface area contributed by atoms with E-state index in [9.17, 15) is 4.79 Å². The van der Waals surface area contributed by atoms with Gasteiger partial charge in [0, 0.05) is 31.8 Å². The van der Waals surface area contributed by atoms with Gasteiger partial charge >= 0.3 is 0 Å². The molecule has 152 valence electrons. The van der Waals surface area contributed by atoms with Crippen LogP contribution in [0.2, 0.25) is 0 Å². The molecule has 0 radical (unpaired) electrons. The maximum absolute atomic E-state index is 12.5. The Hall–Kier alpha value is -1.59. The highest BCUT2D eigenvalue weighted by Gasteiger charge is 2.42. The summed E-state index contributed by atoms with van der Waals surface area (Å²) in [6.07, 6.45) is 8.20. The summed E-state index contributed by atoms with van der Waals surface area (Å²) in [6.45, 7) is 5.24. The van der Waals surface area contributed by atoms with E-state index in [1.54, 1.807) is 0 Å². The van der Waals surface area contributed by atoms with E-state index >= 15 is 0 Å². The van der Waals surface area contributed by atoms with E-state index < -0.39 is 0 Å². The van der Waals surface area contributed by atoms with E-state index in [-0.39, 0.29) is 12.5 Å². The topological polar surface area (TPSA) is 42.0 Å². The molecule has 1 amide bonds. The molecule has 0 aromatic heterocycles. The first-order valence-electron chi connectivity index (χ1n) is 11.1. The number of rotatable bonds is 7. The highest BCUT2D eigenvalue weighted by atomic mass is 16.5. The quantitative estimate of drug-likeness (QED) is 0.722. The van der Waals surface area contributed by atoms with E-state index in [1.165, 1.54) is 38.5 Å². The van der Waals surface area contributed by atoms with Crippen molar-refractivity contribution >= 4 is 11.6 Å². The maximum atomic E-state index is 12.5. The van der Waals surface area contributed by atoms with Gasteiger partial charge in [-0.05, 0) is 62.5 Å². The van der Waals surface area contributed by atoms with Gasteiger partial charge in [0.2, 0.25) is 0 Å². The normalized spacial score (nSPS) is 30.8. The third kappa shape index (κ3) is 3.79. The molecule has 3 atom stereocenters. The number of amides is 1. The third-order valence-electron chi connectivity index (χ3n) is 6.93. The zero-order valence-electron chi connectivity index (χ0n) is 16.9. The lowest BCUT2D eigenvalue weighted by molar-refractivity contribution is -0.121. The minimum atomic E-state index is 0.0701. The van der Waals surface area contributed by atoms with Crippen LogP contribution in [0.1, 0.15) is 45.4 Å². The van der Waals surface area contributed by atoms with Crippen molar-refractivity contribution in [2.75, 3.05) is 31.2 Å². The number of benzene rings is 1. The van der Waals surface area contributed by atoms with Crippen molar-refractivity contribution in [2.24, 2.45) is 11.8 Å². The first kappa shape index (κ1) is 18.4. The Morgan fingerprint density at radius 1 is 1.11 bits per heavy atom. The van der Waals surface area contributed by atoms with Crippen LogP contribution in [0.15, 0.2) is 24.3 Å². The number of carbonyl (C=O) groups excluding carboxylic acids is 1. The van der Waals surface area contributed by atoms with Gasteiger partial charge in [0.05, 0.1) is 11.8 Å². The fourth-order valence-corrected chi connectivity index (χ4v) is 5.30. The number of hydrogen-bond acceptors (Lipinski definition) is 4. The standard InChI is InChI=1S/C23H32N2O3/c1-16(13-25-21-4-2-3-5-22(21)28-15-23(25)26)12-24-18-8-9-19(24)11-20(10-18)27-14-17-6-7-17/h2-5,16-20H,6-15H2,1H3. The number of anilines is 1. The highest BCUT2D eigenvalue weighted by molar-refractivity contribution is 5.97. The molecule has 28 heavy (non-hydrogen) atoms. The van der Waals surface area contributed by atoms with Crippen molar-refractivity contribution in [1.29, 1.82) is 0 Å². The lowest BCUT2D eigenvalue weighted by Gasteiger charge is -2.41. The Morgan fingerprint density at radius 3 is 2.61 bits per heavy atom. The maximum Gasteiger partial charge on any atom is 0.265 e. The van der Waals surface area contributed by atoms with Gasteiger partial charge in [0.25, 0.3) is 5.91 Å². The van der Waals surface area contributed by atoms with Crippen LogP contribution in [0.3, 0.4) is 0 Å². The van der Waals surface area contributed by atoms with Crippen LogP contribution in [0.4, 0.5) is 5.69 Å². The predicted molar refractivity (Wildman–Crippen MR) is 109 cm³/mol. The van der Waals surface area contributed by atoms with Crippen molar-refractivity contribution in [3.05, 3.63) is 24.3 Å². The largest absolute Gasteiger partial charge is 0.482 e.